The molecule has 3 aliphatic rings. The minimum Gasteiger partial charge on any atom is -0.369 e. The van der Waals surface area contributed by atoms with Crippen LogP contribution in [0.5, 0.6) is 0 Å². The Morgan fingerprint density at radius 1 is 1.06 bits per heavy atom. The predicted molar refractivity (Wildman–Crippen MR) is 71.3 cm³/mol. The Bertz CT molecular complexity index is 357. The molecule has 3 rings (SSSR count). The maximum atomic E-state index is 12.8. The lowest BCUT2D eigenvalue weighted by molar-refractivity contribution is -0.131. The first-order chi connectivity index (χ1) is 8.32. The highest BCUT2D eigenvalue weighted by Gasteiger charge is 2.59. The predicted octanol–water partition coefficient (Wildman–Crippen LogP) is 3.59. The summed E-state index contributed by atoms with van der Waals surface area (Å²) >= 11 is 0. The Morgan fingerprint density at radius 2 is 1.61 bits per heavy atom. The minimum absolute atomic E-state index is 0.114. The second kappa shape index (κ2) is 3.82. The Labute approximate surface area is 110 Å². The van der Waals surface area contributed by atoms with Gasteiger partial charge in [0.05, 0.1) is 11.2 Å². The van der Waals surface area contributed by atoms with Crippen molar-refractivity contribution in [2.24, 2.45) is 23.7 Å². The molecular weight excluding hydrogens is 224 g/mol. The molecule has 2 aliphatic carbocycles. The van der Waals surface area contributed by atoms with E-state index in [-0.39, 0.29) is 17.1 Å². The summed E-state index contributed by atoms with van der Waals surface area (Å²) in [4.78, 5) is 12.8. The summed E-state index contributed by atoms with van der Waals surface area (Å²) in [5.41, 5.74) is -0.407. The van der Waals surface area contributed by atoms with Crippen molar-refractivity contribution in [3.05, 3.63) is 0 Å². The van der Waals surface area contributed by atoms with Gasteiger partial charge in [0, 0.05) is 11.8 Å². The molecule has 0 aromatic carbocycles. The molecule has 2 saturated carbocycles. The van der Waals surface area contributed by atoms with Crippen molar-refractivity contribution in [3.8, 4) is 0 Å². The standard InChI is InChI=1S/C16H26O2/c1-15(2)9-12(16(3,4)18-15)14(17)13-10-7-5-6-8-11(10)13/h10-13H,5-9H2,1-4H3. The highest BCUT2D eigenvalue weighted by Crippen LogP contribution is 2.58. The van der Waals surface area contributed by atoms with E-state index in [2.05, 4.69) is 27.7 Å². The number of carbonyl (C=O) groups excluding carboxylic acids is 1. The second-order valence-electron chi connectivity index (χ2n) is 7.76. The maximum absolute atomic E-state index is 12.8. The fourth-order valence-corrected chi connectivity index (χ4v) is 4.65. The van der Waals surface area contributed by atoms with Gasteiger partial charge in [0.15, 0.2) is 0 Å². The van der Waals surface area contributed by atoms with Crippen molar-refractivity contribution >= 4 is 5.78 Å². The third kappa shape index (κ3) is 1.93. The SMILES string of the molecule is CC1(C)CC(C(=O)C2C3CCCCC32)C(C)(C)O1. The van der Waals surface area contributed by atoms with E-state index < -0.39 is 0 Å². The van der Waals surface area contributed by atoms with E-state index in [4.69, 9.17) is 4.74 Å². The van der Waals surface area contributed by atoms with Crippen LogP contribution in [0, 0.1) is 23.7 Å². The number of hydrogen-bond acceptors (Lipinski definition) is 2. The van der Waals surface area contributed by atoms with Gasteiger partial charge in [-0.1, -0.05) is 12.8 Å². The van der Waals surface area contributed by atoms with Crippen molar-refractivity contribution in [2.75, 3.05) is 0 Å². The van der Waals surface area contributed by atoms with E-state index in [0.29, 0.717) is 11.7 Å². The fourth-order valence-electron chi connectivity index (χ4n) is 4.65. The summed E-state index contributed by atoms with van der Waals surface area (Å²) < 4.78 is 6.08. The van der Waals surface area contributed by atoms with Crippen LogP contribution in [0.3, 0.4) is 0 Å². The van der Waals surface area contributed by atoms with Crippen LogP contribution in [0.4, 0.5) is 0 Å². The quantitative estimate of drug-likeness (QED) is 0.748. The topological polar surface area (TPSA) is 26.3 Å². The van der Waals surface area contributed by atoms with Gasteiger partial charge in [0.1, 0.15) is 5.78 Å². The van der Waals surface area contributed by atoms with Gasteiger partial charge in [-0.3, -0.25) is 4.79 Å². The fraction of sp³-hybridized carbons (Fsp3) is 0.938. The van der Waals surface area contributed by atoms with Crippen LogP contribution in [-0.2, 0) is 9.53 Å². The molecule has 3 unspecified atom stereocenters. The summed E-state index contributed by atoms with van der Waals surface area (Å²) in [6.07, 6.45) is 6.15. The summed E-state index contributed by atoms with van der Waals surface area (Å²) in [5.74, 6) is 2.47. The molecule has 0 aromatic heterocycles. The van der Waals surface area contributed by atoms with Crippen molar-refractivity contribution in [1.82, 2.24) is 0 Å². The minimum atomic E-state index is -0.272. The lowest BCUT2D eigenvalue weighted by atomic mass is 9.82. The van der Waals surface area contributed by atoms with E-state index in [1.54, 1.807) is 0 Å². The van der Waals surface area contributed by atoms with E-state index in [1.165, 1.54) is 25.7 Å². The zero-order valence-corrected chi connectivity index (χ0v) is 12.2. The van der Waals surface area contributed by atoms with Crippen LogP contribution in [-0.4, -0.2) is 17.0 Å². The summed E-state index contributed by atoms with van der Waals surface area (Å²) in [6, 6.07) is 0. The smallest absolute Gasteiger partial charge is 0.142 e. The molecule has 0 N–H and O–H groups in total. The summed E-state index contributed by atoms with van der Waals surface area (Å²) in [6.45, 7) is 8.41. The van der Waals surface area contributed by atoms with E-state index in [0.717, 1.165) is 18.3 Å². The largest absolute Gasteiger partial charge is 0.369 e. The Balaban J connectivity index is 1.74. The molecule has 3 atom stereocenters. The van der Waals surface area contributed by atoms with Crippen molar-refractivity contribution in [1.29, 1.82) is 0 Å². The third-order valence-electron chi connectivity index (χ3n) is 5.40. The number of carbonyl (C=O) groups is 1. The van der Waals surface area contributed by atoms with E-state index in [1.807, 2.05) is 0 Å². The Kier molecular flexibility index (Phi) is 2.68. The molecule has 2 heteroatoms. The molecule has 1 heterocycles. The molecule has 3 fully saturated rings. The molecule has 1 saturated heterocycles. The van der Waals surface area contributed by atoms with Gasteiger partial charge in [0.2, 0.25) is 0 Å². The highest BCUT2D eigenvalue weighted by atomic mass is 16.5. The van der Waals surface area contributed by atoms with Crippen LogP contribution < -0.4 is 0 Å². The lowest BCUT2D eigenvalue weighted by Crippen LogP contribution is -2.35. The Morgan fingerprint density at radius 3 is 2.06 bits per heavy atom. The van der Waals surface area contributed by atoms with Crippen LogP contribution in [0.1, 0.15) is 59.8 Å². The van der Waals surface area contributed by atoms with Crippen LogP contribution in [0.25, 0.3) is 0 Å². The van der Waals surface area contributed by atoms with Gasteiger partial charge in [-0.15, -0.1) is 0 Å². The normalized spacial score (nSPS) is 44.4. The zero-order chi connectivity index (χ0) is 13.1. The van der Waals surface area contributed by atoms with Crippen LogP contribution in [0.2, 0.25) is 0 Å². The van der Waals surface area contributed by atoms with Gasteiger partial charge in [-0.2, -0.15) is 0 Å². The molecule has 2 nitrogen and oxygen atoms in total. The summed E-state index contributed by atoms with van der Waals surface area (Å²) in [7, 11) is 0. The summed E-state index contributed by atoms with van der Waals surface area (Å²) in [5, 5.41) is 0. The first-order valence-electron chi connectivity index (χ1n) is 7.56. The number of ketones is 1. The second-order valence-corrected chi connectivity index (χ2v) is 7.76. The van der Waals surface area contributed by atoms with Crippen LogP contribution in [0.15, 0.2) is 0 Å². The van der Waals surface area contributed by atoms with Crippen molar-refractivity contribution in [2.45, 2.75) is 71.0 Å². The van der Waals surface area contributed by atoms with E-state index in [9.17, 15) is 4.79 Å². The number of ether oxygens (including phenoxy) is 1. The molecular formula is C16H26O2. The molecule has 0 spiro atoms. The molecule has 0 amide bonds. The molecule has 0 aromatic rings. The highest BCUT2D eigenvalue weighted by molar-refractivity contribution is 5.88. The number of Topliss-reactive ketones (excluding diaryl/α,β-unsaturated/α-hetero) is 1. The van der Waals surface area contributed by atoms with Gasteiger partial charge < -0.3 is 4.74 Å². The lowest BCUT2D eigenvalue weighted by Gasteiger charge is -2.26. The van der Waals surface area contributed by atoms with E-state index >= 15 is 0 Å². The van der Waals surface area contributed by atoms with Gasteiger partial charge in [-0.05, 0) is 58.8 Å². The first kappa shape index (κ1) is 12.7. The van der Waals surface area contributed by atoms with Crippen molar-refractivity contribution in [3.63, 3.8) is 0 Å². The zero-order valence-electron chi connectivity index (χ0n) is 12.2. The van der Waals surface area contributed by atoms with Crippen LogP contribution >= 0.6 is 0 Å². The monoisotopic (exact) mass is 250 g/mol. The average Bonchev–Trinajstić information content (AvgIpc) is 2.92. The van der Waals surface area contributed by atoms with Gasteiger partial charge in [0.25, 0.3) is 0 Å². The Hall–Kier alpha value is -0.370. The number of hydrogen-bond donors (Lipinski definition) is 0. The first-order valence-corrected chi connectivity index (χ1v) is 7.56. The molecule has 18 heavy (non-hydrogen) atoms. The third-order valence-corrected chi connectivity index (χ3v) is 5.40. The van der Waals surface area contributed by atoms with Crippen molar-refractivity contribution < 1.29 is 9.53 Å². The molecule has 102 valence electrons. The molecule has 0 bridgehead atoms. The average molecular weight is 250 g/mol. The number of rotatable bonds is 2. The van der Waals surface area contributed by atoms with Gasteiger partial charge in [-0.25, -0.2) is 0 Å². The molecule has 0 radical (unpaired) electrons. The maximum Gasteiger partial charge on any atom is 0.142 e. The van der Waals surface area contributed by atoms with Gasteiger partial charge >= 0.3 is 0 Å². The number of fused-ring (bicyclic) bond motifs is 1. The molecule has 1 aliphatic heterocycles.